The van der Waals surface area contributed by atoms with Gasteiger partial charge in [0.2, 0.25) is 5.52 Å². The zero-order chi connectivity index (χ0) is 33.6. The molecule has 0 heterocycles. The third-order valence-corrected chi connectivity index (χ3v) is 10.6. The first kappa shape index (κ1) is 44.3. The lowest BCUT2D eigenvalue weighted by Crippen LogP contribution is -2.60. The van der Waals surface area contributed by atoms with E-state index in [4.69, 9.17) is 10.8 Å². The summed E-state index contributed by atoms with van der Waals surface area (Å²) in [5.41, 5.74) is 2.94. The number of carbonyl (C=O) groups excluding carboxylic acids is 3. The first-order chi connectivity index (χ1) is 21.7. The van der Waals surface area contributed by atoms with Gasteiger partial charge in [0.15, 0.2) is 17.1 Å². The van der Waals surface area contributed by atoms with E-state index < -0.39 is 49.7 Å². The van der Waals surface area contributed by atoms with Gasteiger partial charge in [-0.3, -0.25) is 14.4 Å². The maximum Gasteiger partial charge on any atom is 0.216 e. The van der Waals surface area contributed by atoms with Crippen LogP contribution in [0.5, 0.6) is 0 Å². The van der Waals surface area contributed by atoms with Gasteiger partial charge in [-0.1, -0.05) is 168 Å². The van der Waals surface area contributed by atoms with E-state index in [0.29, 0.717) is 12.8 Å². The lowest BCUT2D eigenvalue weighted by molar-refractivity contribution is -0.139. The molecule has 0 aliphatic heterocycles. The van der Waals surface area contributed by atoms with Crippen LogP contribution in [0.1, 0.15) is 194 Å². The van der Waals surface area contributed by atoms with E-state index in [0.717, 1.165) is 38.5 Å². The zero-order valence-electron chi connectivity index (χ0n) is 29.4. The quantitative estimate of drug-likeness (QED) is 0.0303. The smallest absolute Gasteiger partial charge is 0.216 e. The highest BCUT2D eigenvalue weighted by atomic mass is 31.1. The van der Waals surface area contributed by atoms with Gasteiger partial charge in [-0.05, 0) is 12.8 Å². The molecular formula is C37H72NO6P. The van der Waals surface area contributed by atoms with Crippen LogP contribution in [0.3, 0.4) is 0 Å². The fourth-order valence-corrected chi connectivity index (χ4v) is 7.28. The average Bonchev–Trinajstić information content (AvgIpc) is 3.04. The fraction of sp³-hybridized carbons (Fsp3) is 0.919. The van der Waals surface area contributed by atoms with Crippen LogP contribution in [0.15, 0.2) is 0 Å². The van der Waals surface area contributed by atoms with Crippen LogP contribution >= 0.6 is 8.15 Å². The van der Waals surface area contributed by atoms with Crippen LogP contribution in [0, 0.1) is 0 Å². The number of ketones is 2. The van der Waals surface area contributed by atoms with Crippen molar-refractivity contribution in [3.8, 4) is 0 Å². The molecule has 0 saturated heterocycles. The van der Waals surface area contributed by atoms with Crippen LogP contribution in [0.4, 0.5) is 0 Å². The molecule has 2 unspecified atom stereocenters. The molecule has 0 aromatic carbocycles. The number of unbranched alkanes of at least 4 members (excludes halogenated alkanes) is 24. The van der Waals surface area contributed by atoms with E-state index in [1.54, 1.807) is 0 Å². The standard InChI is InChI=1S/C37H72NO6P/c1-3-5-7-9-11-13-15-17-19-21-23-25-27-29-34(41)37(38,36(43)45(44)32-33(40)31-39)35(42)30-28-26-24-22-20-18-16-14-12-10-8-6-4-2/h33,39-40,44H,3-32,38H2,1-2H3. The number of hydrogen-bond donors (Lipinski definition) is 4. The maximum absolute atomic E-state index is 13.3. The highest BCUT2D eigenvalue weighted by Gasteiger charge is 2.50. The Balaban J connectivity index is 4.52. The third-order valence-electron chi connectivity index (χ3n) is 9.06. The number of aliphatic hydroxyl groups is 2. The number of aliphatic hydroxyl groups excluding tert-OH is 2. The number of nitrogens with two attached hydrogens (primary N) is 1. The van der Waals surface area contributed by atoms with Gasteiger partial charge in [0.1, 0.15) is 8.15 Å². The Bertz CT molecular complexity index is 692. The summed E-state index contributed by atoms with van der Waals surface area (Å²) < 4.78 is 0. The third kappa shape index (κ3) is 22.5. The molecule has 0 aliphatic carbocycles. The van der Waals surface area contributed by atoms with Crippen molar-refractivity contribution < 1.29 is 29.5 Å². The topological polar surface area (TPSA) is 138 Å². The Morgan fingerprint density at radius 1 is 0.556 bits per heavy atom. The molecular weight excluding hydrogens is 585 g/mol. The van der Waals surface area contributed by atoms with Crippen LogP contribution in [0.25, 0.3) is 0 Å². The van der Waals surface area contributed by atoms with Crippen molar-refractivity contribution in [2.24, 2.45) is 5.73 Å². The summed E-state index contributed by atoms with van der Waals surface area (Å²) in [6, 6.07) is 0. The predicted octanol–water partition coefficient (Wildman–Crippen LogP) is 9.05. The molecule has 7 nitrogen and oxygen atoms in total. The van der Waals surface area contributed by atoms with Crippen molar-refractivity contribution in [2.45, 2.75) is 205 Å². The van der Waals surface area contributed by atoms with Crippen LogP contribution in [-0.4, -0.2) is 56.6 Å². The Kier molecular flexibility index (Phi) is 30.1. The van der Waals surface area contributed by atoms with Crippen molar-refractivity contribution in [3.05, 3.63) is 0 Å². The van der Waals surface area contributed by atoms with Gasteiger partial charge in [-0.2, -0.15) is 0 Å². The summed E-state index contributed by atoms with van der Waals surface area (Å²) in [7, 11) is -2.53. The lowest BCUT2D eigenvalue weighted by Gasteiger charge is -2.28. The van der Waals surface area contributed by atoms with Gasteiger partial charge in [-0.25, -0.2) is 0 Å². The fourth-order valence-electron chi connectivity index (χ4n) is 5.94. The van der Waals surface area contributed by atoms with Gasteiger partial charge in [0, 0.05) is 19.0 Å². The summed E-state index contributed by atoms with van der Waals surface area (Å²) in [5.74, 6) is -1.26. The van der Waals surface area contributed by atoms with Crippen molar-refractivity contribution in [3.63, 3.8) is 0 Å². The first-order valence-corrected chi connectivity index (χ1v) is 20.4. The summed E-state index contributed by atoms with van der Waals surface area (Å²) in [4.78, 5) is 50.2. The summed E-state index contributed by atoms with van der Waals surface area (Å²) in [6.07, 6.45) is 28.6. The second-order valence-electron chi connectivity index (χ2n) is 13.4. The zero-order valence-corrected chi connectivity index (χ0v) is 30.3. The molecule has 0 aromatic heterocycles. The van der Waals surface area contributed by atoms with E-state index in [9.17, 15) is 24.4 Å². The number of hydrogen-bond acceptors (Lipinski definition) is 7. The molecule has 45 heavy (non-hydrogen) atoms. The molecule has 0 aliphatic rings. The number of carbonyl (C=O) groups is 3. The lowest BCUT2D eigenvalue weighted by atomic mass is 9.85. The Hall–Kier alpha value is -0.720. The highest BCUT2D eigenvalue weighted by Crippen LogP contribution is 2.38. The Morgan fingerprint density at radius 2 is 0.822 bits per heavy atom. The van der Waals surface area contributed by atoms with Gasteiger partial charge in [0.05, 0.1) is 12.7 Å². The molecule has 8 heteroatoms. The Labute approximate surface area is 278 Å². The summed E-state index contributed by atoms with van der Waals surface area (Å²) >= 11 is 0. The van der Waals surface area contributed by atoms with Crippen molar-refractivity contribution in [1.82, 2.24) is 0 Å². The Morgan fingerprint density at radius 3 is 1.09 bits per heavy atom. The number of Topliss-reactive ketones (excluding diaryl/α,β-unsaturated/α-hetero) is 2. The van der Waals surface area contributed by atoms with E-state index in [-0.39, 0.29) is 12.8 Å². The average molecular weight is 658 g/mol. The SMILES string of the molecule is CCCCCCCCCCCCCCCC(=O)C(N)(C(=O)CCCCCCCCCCCCCCC)C(=O)P(O)CC(O)CO. The second-order valence-corrected chi connectivity index (χ2v) is 14.9. The molecule has 5 N–H and O–H groups in total. The van der Waals surface area contributed by atoms with Gasteiger partial charge < -0.3 is 20.8 Å². The molecule has 0 spiro atoms. The largest absolute Gasteiger partial charge is 0.394 e. The normalized spacial score (nSPS) is 13.2. The maximum atomic E-state index is 13.3. The van der Waals surface area contributed by atoms with E-state index in [2.05, 4.69) is 13.8 Å². The molecule has 0 fully saturated rings. The van der Waals surface area contributed by atoms with E-state index in [1.807, 2.05) is 0 Å². The van der Waals surface area contributed by atoms with Gasteiger partial charge >= 0.3 is 0 Å². The minimum atomic E-state index is -2.53. The summed E-state index contributed by atoms with van der Waals surface area (Å²) in [5, 5.41) is 18.9. The number of rotatable bonds is 35. The highest BCUT2D eigenvalue weighted by molar-refractivity contribution is 7.70. The van der Waals surface area contributed by atoms with Crippen molar-refractivity contribution in [2.75, 3.05) is 12.8 Å². The minimum Gasteiger partial charge on any atom is -0.394 e. The van der Waals surface area contributed by atoms with Crippen LogP contribution < -0.4 is 5.73 Å². The molecule has 0 saturated carbocycles. The van der Waals surface area contributed by atoms with E-state index >= 15 is 0 Å². The molecule has 0 rings (SSSR count). The molecule has 0 bridgehead atoms. The van der Waals surface area contributed by atoms with Crippen molar-refractivity contribution in [1.29, 1.82) is 0 Å². The second kappa shape index (κ2) is 30.6. The van der Waals surface area contributed by atoms with Gasteiger partial charge in [-0.15, -0.1) is 0 Å². The van der Waals surface area contributed by atoms with Crippen LogP contribution in [0.2, 0.25) is 0 Å². The molecule has 0 aromatic rings. The minimum absolute atomic E-state index is 0.0239. The summed E-state index contributed by atoms with van der Waals surface area (Å²) in [6.45, 7) is 3.85. The molecule has 266 valence electrons. The van der Waals surface area contributed by atoms with E-state index in [1.165, 1.54) is 116 Å². The molecule has 0 radical (unpaired) electrons. The monoisotopic (exact) mass is 658 g/mol. The first-order valence-electron chi connectivity index (χ1n) is 18.9. The predicted molar refractivity (Wildman–Crippen MR) is 190 cm³/mol. The van der Waals surface area contributed by atoms with Crippen molar-refractivity contribution >= 4 is 25.2 Å². The molecule has 0 amide bonds. The van der Waals surface area contributed by atoms with Crippen LogP contribution in [-0.2, 0) is 14.4 Å². The molecule has 2 atom stereocenters. The van der Waals surface area contributed by atoms with Gasteiger partial charge in [0.25, 0.3) is 0 Å².